The Hall–Kier alpha value is -2.28. The third-order valence-corrected chi connectivity index (χ3v) is 5.43. The molecule has 0 saturated carbocycles. The lowest BCUT2D eigenvalue weighted by Gasteiger charge is -2.18. The van der Waals surface area contributed by atoms with Crippen molar-refractivity contribution in [2.75, 3.05) is 31.1 Å². The van der Waals surface area contributed by atoms with E-state index < -0.39 is 5.92 Å². The van der Waals surface area contributed by atoms with E-state index in [9.17, 15) is 9.59 Å². The highest BCUT2D eigenvalue weighted by atomic mass is 32.2. The number of para-hydroxylation sites is 1. The van der Waals surface area contributed by atoms with Gasteiger partial charge in [-0.1, -0.05) is 30.0 Å². The molecule has 7 heteroatoms. The van der Waals surface area contributed by atoms with Gasteiger partial charge in [-0.2, -0.15) is 0 Å². The van der Waals surface area contributed by atoms with Crippen molar-refractivity contribution >= 4 is 34.4 Å². The van der Waals surface area contributed by atoms with Crippen molar-refractivity contribution in [3.8, 4) is 0 Å². The molecular weight excluding hydrogens is 324 g/mol. The molecular formula is C17H18N4O2S. The molecule has 1 aromatic carbocycles. The molecule has 1 aromatic rings. The van der Waals surface area contributed by atoms with Crippen molar-refractivity contribution < 1.29 is 9.59 Å². The van der Waals surface area contributed by atoms with E-state index in [0.29, 0.717) is 19.5 Å². The smallest absolute Gasteiger partial charge is 0.239 e. The van der Waals surface area contributed by atoms with Crippen LogP contribution in [0.1, 0.15) is 6.42 Å². The lowest BCUT2D eigenvalue weighted by Crippen LogP contribution is -2.39. The van der Waals surface area contributed by atoms with Gasteiger partial charge in [-0.05, 0) is 18.6 Å². The summed E-state index contributed by atoms with van der Waals surface area (Å²) in [5, 5.41) is 5.94. The van der Waals surface area contributed by atoms with Gasteiger partial charge < -0.3 is 15.1 Å². The van der Waals surface area contributed by atoms with Gasteiger partial charge in [-0.3, -0.25) is 14.6 Å². The lowest BCUT2D eigenvalue weighted by atomic mass is 10.1. The van der Waals surface area contributed by atoms with Crippen LogP contribution in [0.5, 0.6) is 0 Å². The molecule has 3 aliphatic heterocycles. The second kappa shape index (κ2) is 6.32. The number of thioether (sulfide) groups is 1. The zero-order valence-electron chi connectivity index (χ0n) is 13.1. The number of carbonyl (C=O) groups is 2. The predicted molar refractivity (Wildman–Crippen MR) is 94.6 cm³/mol. The van der Waals surface area contributed by atoms with E-state index in [1.165, 1.54) is 0 Å². The number of nitrogens with one attached hydrogen (secondary N) is 1. The van der Waals surface area contributed by atoms with Gasteiger partial charge in [0.15, 0.2) is 5.17 Å². The molecule has 0 radical (unpaired) electrons. The Balaban J connectivity index is 1.36. The molecule has 6 nitrogen and oxygen atoms in total. The van der Waals surface area contributed by atoms with Crippen molar-refractivity contribution in [3.63, 3.8) is 0 Å². The van der Waals surface area contributed by atoms with Crippen LogP contribution in [0.2, 0.25) is 0 Å². The molecule has 1 N–H and O–H groups in total. The Morgan fingerprint density at radius 2 is 2.08 bits per heavy atom. The van der Waals surface area contributed by atoms with Gasteiger partial charge in [0.1, 0.15) is 5.92 Å². The average molecular weight is 342 g/mol. The van der Waals surface area contributed by atoms with Crippen LogP contribution in [0.4, 0.5) is 5.69 Å². The van der Waals surface area contributed by atoms with Crippen LogP contribution in [0.25, 0.3) is 0 Å². The van der Waals surface area contributed by atoms with Gasteiger partial charge in [0.25, 0.3) is 0 Å². The van der Waals surface area contributed by atoms with Crippen LogP contribution in [0, 0.1) is 5.92 Å². The summed E-state index contributed by atoms with van der Waals surface area (Å²) in [4.78, 5) is 33.2. The molecule has 0 bridgehead atoms. The van der Waals surface area contributed by atoms with E-state index in [1.807, 2.05) is 35.7 Å². The maximum absolute atomic E-state index is 12.5. The number of amides is 2. The van der Waals surface area contributed by atoms with Crippen LogP contribution < -0.4 is 10.2 Å². The fourth-order valence-electron chi connectivity index (χ4n) is 3.20. The average Bonchev–Trinajstić information content (AvgIpc) is 3.29. The van der Waals surface area contributed by atoms with E-state index in [4.69, 9.17) is 0 Å². The molecule has 24 heavy (non-hydrogen) atoms. The molecule has 0 unspecified atom stereocenters. The molecule has 124 valence electrons. The van der Waals surface area contributed by atoms with Gasteiger partial charge in [0.05, 0.1) is 13.1 Å². The first-order valence-corrected chi connectivity index (χ1v) is 8.94. The molecule has 0 aromatic heterocycles. The Bertz CT molecular complexity index is 731. The minimum Gasteiger partial charge on any atom is -0.350 e. The van der Waals surface area contributed by atoms with Gasteiger partial charge in [0.2, 0.25) is 11.8 Å². The number of nitrogens with zero attached hydrogens (tertiary/aromatic N) is 3. The van der Waals surface area contributed by atoms with E-state index in [0.717, 1.165) is 29.6 Å². The standard InChI is InChI=1S/C17H18N4O2S/c22-15(19-10-13-11-24-17-18-7-9-21(13)17)14-6-8-20(16(14)23)12-4-2-1-3-5-12/h1-5,11,14H,6-10H2,(H,19,22)/t14-/m0/s1. The first kappa shape index (κ1) is 15.3. The second-order valence-corrected chi connectivity index (χ2v) is 6.76. The zero-order valence-corrected chi connectivity index (χ0v) is 14.0. The SMILES string of the molecule is O=C(NCC1=CSC2=NCCN12)[C@@H]1CCN(c2ccccc2)C1=O. The third-order valence-electron chi connectivity index (χ3n) is 4.48. The Kier molecular flexibility index (Phi) is 4.02. The zero-order chi connectivity index (χ0) is 16.5. The third kappa shape index (κ3) is 2.69. The van der Waals surface area contributed by atoms with Crippen molar-refractivity contribution in [2.24, 2.45) is 10.9 Å². The molecule has 0 aliphatic carbocycles. The normalized spacial score (nSPS) is 22.5. The first-order chi connectivity index (χ1) is 11.7. The molecule has 1 saturated heterocycles. The van der Waals surface area contributed by atoms with Crippen LogP contribution >= 0.6 is 11.8 Å². The monoisotopic (exact) mass is 342 g/mol. The maximum atomic E-state index is 12.5. The predicted octanol–water partition coefficient (Wildman–Crippen LogP) is 1.42. The van der Waals surface area contributed by atoms with Gasteiger partial charge in [-0.15, -0.1) is 0 Å². The summed E-state index contributed by atoms with van der Waals surface area (Å²) >= 11 is 1.59. The summed E-state index contributed by atoms with van der Waals surface area (Å²) in [5.41, 5.74) is 1.90. The van der Waals surface area contributed by atoms with Crippen LogP contribution in [-0.2, 0) is 9.59 Å². The first-order valence-electron chi connectivity index (χ1n) is 8.06. The minimum absolute atomic E-state index is 0.114. The summed E-state index contributed by atoms with van der Waals surface area (Å²) in [6.07, 6.45) is 0.559. The number of aliphatic imine (C=N–C) groups is 1. The van der Waals surface area contributed by atoms with E-state index in [2.05, 4.69) is 15.2 Å². The van der Waals surface area contributed by atoms with E-state index in [-0.39, 0.29) is 11.8 Å². The topological polar surface area (TPSA) is 65.0 Å². The fourth-order valence-corrected chi connectivity index (χ4v) is 4.16. The summed E-state index contributed by atoms with van der Waals surface area (Å²) in [6.45, 7) is 2.71. The Morgan fingerprint density at radius 1 is 1.25 bits per heavy atom. The van der Waals surface area contributed by atoms with Gasteiger partial charge in [0, 0.05) is 29.9 Å². The van der Waals surface area contributed by atoms with Crippen LogP contribution in [0.15, 0.2) is 46.4 Å². The van der Waals surface area contributed by atoms with Crippen LogP contribution in [0.3, 0.4) is 0 Å². The molecule has 1 fully saturated rings. The number of fused-ring (bicyclic) bond motifs is 1. The van der Waals surface area contributed by atoms with E-state index in [1.54, 1.807) is 16.7 Å². The number of anilines is 1. The summed E-state index contributed by atoms with van der Waals surface area (Å²) in [7, 11) is 0. The number of amidine groups is 1. The molecule has 2 amide bonds. The fraction of sp³-hybridized carbons (Fsp3) is 0.353. The molecule has 4 rings (SSSR count). The summed E-state index contributed by atoms with van der Waals surface area (Å²) in [5.74, 6) is -0.891. The highest BCUT2D eigenvalue weighted by molar-refractivity contribution is 8.16. The number of hydrogen-bond acceptors (Lipinski definition) is 5. The molecule has 1 atom stereocenters. The quantitative estimate of drug-likeness (QED) is 0.841. The van der Waals surface area contributed by atoms with Crippen LogP contribution in [-0.4, -0.2) is 48.1 Å². The molecule has 0 spiro atoms. The molecule has 3 aliphatic rings. The van der Waals surface area contributed by atoms with Crippen molar-refractivity contribution in [1.82, 2.24) is 10.2 Å². The van der Waals surface area contributed by atoms with Crippen molar-refractivity contribution in [1.29, 1.82) is 0 Å². The Morgan fingerprint density at radius 3 is 2.92 bits per heavy atom. The number of rotatable bonds is 4. The minimum atomic E-state index is -0.591. The number of carbonyl (C=O) groups excluding carboxylic acids is 2. The van der Waals surface area contributed by atoms with E-state index >= 15 is 0 Å². The largest absolute Gasteiger partial charge is 0.350 e. The highest BCUT2D eigenvalue weighted by Gasteiger charge is 2.37. The summed E-state index contributed by atoms with van der Waals surface area (Å²) < 4.78 is 0. The number of benzene rings is 1. The lowest BCUT2D eigenvalue weighted by molar-refractivity contribution is -0.132. The summed E-state index contributed by atoms with van der Waals surface area (Å²) in [6, 6.07) is 9.50. The van der Waals surface area contributed by atoms with Gasteiger partial charge >= 0.3 is 0 Å². The Labute approximate surface area is 144 Å². The molecule has 3 heterocycles. The maximum Gasteiger partial charge on any atom is 0.239 e. The highest BCUT2D eigenvalue weighted by Crippen LogP contribution is 2.29. The van der Waals surface area contributed by atoms with Gasteiger partial charge in [-0.25, -0.2) is 0 Å². The number of hydrogen-bond donors (Lipinski definition) is 1. The second-order valence-electron chi connectivity index (χ2n) is 5.93. The van der Waals surface area contributed by atoms with Crippen molar-refractivity contribution in [2.45, 2.75) is 6.42 Å². The van der Waals surface area contributed by atoms with Crippen molar-refractivity contribution in [3.05, 3.63) is 41.4 Å².